The van der Waals surface area contributed by atoms with Crippen molar-refractivity contribution in [3.05, 3.63) is 34.4 Å². The lowest BCUT2D eigenvalue weighted by atomic mass is 9.55. The summed E-state index contributed by atoms with van der Waals surface area (Å²) in [6.45, 7) is 30.2. The molecule has 2 heteroatoms. The van der Waals surface area contributed by atoms with Crippen molar-refractivity contribution in [1.29, 1.82) is 0 Å². The molecule has 0 N–H and O–H groups in total. The van der Waals surface area contributed by atoms with Gasteiger partial charge >= 0.3 is 0 Å². The molecule has 0 unspecified atom stereocenters. The summed E-state index contributed by atoms with van der Waals surface area (Å²) < 4.78 is 0. The quantitative estimate of drug-likeness (QED) is 0.266. The SMILES string of the molecule is CC(C)(C)c1cc(CP(C2C3CC4CC(C3)CC2C4)C2C3CC4CC(C3)CC2C4)c(CP(C(C)(C)C)C(C)(C)C)cc1C(C)(C)C. The van der Waals surface area contributed by atoms with Crippen LogP contribution in [0.5, 0.6) is 0 Å². The summed E-state index contributed by atoms with van der Waals surface area (Å²) in [6, 6.07) is 5.67. The number of hydrogen-bond acceptors (Lipinski definition) is 0. The van der Waals surface area contributed by atoms with Gasteiger partial charge in [-0.15, -0.1) is 0 Å². The smallest absolute Gasteiger partial charge is 0.00607 e. The molecule has 0 amide bonds. The minimum Gasteiger partial charge on any atom is -0.0947 e. The lowest BCUT2D eigenvalue weighted by molar-refractivity contribution is 0.0129. The number of hydrogen-bond donors (Lipinski definition) is 0. The van der Waals surface area contributed by atoms with Gasteiger partial charge in [0.2, 0.25) is 0 Å². The van der Waals surface area contributed by atoms with Crippen molar-refractivity contribution in [2.45, 2.75) is 192 Å². The lowest BCUT2D eigenvalue weighted by Gasteiger charge is -2.62. The fourth-order valence-corrected chi connectivity index (χ4v) is 21.6. The molecule has 9 rings (SSSR count). The predicted octanol–water partition coefficient (Wildman–Crippen LogP) is 13.5. The molecule has 0 nitrogen and oxygen atoms in total. The van der Waals surface area contributed by atoms with Crippen LogP contribution < -0.4 is 0 Å². The molecule has 0 radical (unpaired) electrons. The summed E-state index contributed by atoms with van der Waals surface area (Å²) in [7, 11) is -0.200. The Morgan fingerprint density at radius 2 is 0.761 bits per heavy atom. The van der Waals surface area contributed by atoms with Gasteiger partial charge in [0.25, 0.3) is 0 Å². The van der Waals surface area contributed by atoms with E-state index in [-0.39, 0.29) is 26.7 Å². The minimum absolute atomic E-state index is 0.0129. The van der Waals surface area contributed by atoms with E-state index >= 15 is 0 Å². The lowest BCUT2D eigenvalue weighted by Crippen LogP contribution is -2.52. The molecule has 8 fully saturated rings. The molecule has 46 heavy (non-hydrogen) atoms. The van der Waals surface area contributed by atoms with Crippen LogP contribution in [0.3, 0.4) is 0 Å². The molecular formula is C44H72P2. The molecule has 8 aliphatic carbocycles. The summed E-state index contributed by atoms with van der Waals surface area (Å²) >= 11 is 0. The van der Waals surface area contributed by atoms with E-state index in [1.807, 2.05) is 5.56 Å². The summed E-state index contributed by atoms with van der Waals surface area (Å²) in [5.74, 6) is 8.63. The zero-order valence-corrected chi connectivity index (χ0v) is 34.1. The monoisotopic (exact) mass is 663 g/mol. The van der Waals surface area contributed by atoms with Crippen LogP contribution in [0.1, 0.15) is 170 Å². The molecule has 0 aliphatic heterocycles. The average Bonchev–Trinajstić information content (AvgIpc) is 2.88. The average molecular weight is 663 g/mol. The molecule has 8 aliphatic rings. The topological polar surface area (TPSA) is 0 Å². The van der Waals surface area contributed by atoms with Crippen LogP contribution in [0, 0.1) is 47.3 Å². The third-order valence-corrected chi connectivity index (χ3v) is 22.2. The Labute approximate surface area is 288 Å². The van der Waals surface area contributed by atoms with Gasteiger partial charge in [-0.2, -0.15) is 0 Å². The molecule has 0 heterocycles. The Hall–Kier alpha value is 0.0800. The highest BCUT2D eigenvalue weighted by Gasteiger charge is 2.57. The van der Waals surface area contributed by atoms with E-state index < -0.39 is 0 Å². The van der Waals surface area contributed by atoms with E-state index in [1.165, 1.54) is 12.3 Å². The zero-order valence-electron chi connectivity index (χ0n) is 32.3. The number of benzene rings is 1. The second-order valence-corrected chi connectivity index (χ2v) is 28.5. The Kier molecular flexibility index (Phi) is 8.87. The van der Waals surface area contributed by atoms with Crippen molar-refractivity contribution in [2.24, 2.45) is 47.3 Å². The molecule has 0 saturated heterocycles. The van der Waals surface area contributed by atoms with Crippen molar-refractivity contribution < 1.29 is 0 Å². The highest BCUT2D eigenvalue weighted by Crippen LogP contribution is 2.72. The van der Waals surface area contributed by atoms with Gasteiger partial charge in [0.05, 0.1) is 0 Å². The molecular weight excluding hydrogens is 590 g/mol. The Balaban J connectivity index is 1.35. The maximum absolute atomic E-state index is 2.86. The molecule has 0 aromatic heterocycles. The van der Waals surface area contributed by atoms with Gasteiger partial charge in [0.15, 0.2) is 0 Å². The van der Waals surface area contributed by atoms with Crippen LogP contribution in [-0.4, -0.2) is 21.6 Å². The van der Waals surface area contributed by atoms with Gasteiger partial charge in [-0.05, 0) is 179 Å². The second kappa shape index (κ2) is 11.8. The van der Waals surface area contributed by atoms with Gasteiger partial charge < -0.3 is 0 Å². The van der Waals surface area contributed by atoms with Crippen molar-refractivity contribution in [1.82, 2.24) is 0 Å². The van der Waals surface area contributed by atoms with Gasteiger partial charge in [0, 0.05) is 0 Å². The highest BCUT2D eigenvalue weighted by molar-refractivity contribution is 7.60. The fraction of sp³-hybridized carbons (Fsp3) is 0.864. The summed E-state index contributed by atoms with van der Waals surface area (Å²) in [4.78, 5) is 0. The molecule has 0 spiro atoms. The van der Waals surface area contributed by atoms with E-state index in [0.29, 0.717) is 10.3 Å². The largest absolute Gasteiger partial charge is 0.0947 e. The number of rotatable bonds is 6. The minimum atomic E-state index is -0.187. The summed E-state index contributed by atoms with van der Waals surface area (Å²) in [6.07, 6.45) is 18.8. The van der Waals surface area contributed by atoms with Gasteiger partial charge in [-0.3, -0.25) is 0 Å². The Morgan fingerprint density at radius 1 is 0.457 bits per heavy atom. The van der Waals surface area contributed by atoms with Crippen LogP contribution in [0.25, 0.3) is 0 Å². The van der Waals surface area contributed by atoms with Crippen LogP contribution in [0.4, 0.5) is 0 Å². The molecule has 8 bridgehead atoms. The molecule has 1 aromatic carbocycles. The van der Waals surface area contributed by atoms with E-state index in [2.05, 4.69) is 95.2 Å². The van der Waals surface area contributed by atoms with Gasteiger partial charge in [-0.1, -0.05) is 111 Å². The first kappa shape index (κ1) is 34.5. The maximum Gasteiger partial charge on any atom is -0.00607 e. The molecule has 8 saturated carbocycles. The van der Waals surface area contributed by atoms with Crippen LogP contribution in [0.2, 0.25) is 0 Å². The first-order valence-corrected chi connectivity index (χ1v) is 23.1. The second-order valence-electron chi connectivity index (χ2n) is 22.1. The van der Waals surface area contributed by atoms with Crippen LogP contribution >= 0.6 is 15.8 Å². The van der Waals surface area contributed by atoms with E-state index in [0.717, 1.165) is 58.7 Å². The third kappa shape index (κ3) is 6.51. The van der Waals surface area contributed by atoms with Crippen molar-refractivity contribution in [2.75, 3.05) is 0 Å². The van der Waals surface area contributed by atoms with E-state index in [1.54, 1.807) is 80.9 Å². The van der Waals surface area contributed by atoms with Crippen LogP contribution in [0.15, 0.2) is 12.1 Å². The first-order valence-electron chi connectivity index (χ1n) is 20.0. The maximum atomic E-state index is 2.86. The van der Waals surface area contributed by atoms with E-state index in [4.69, 9.17) is 0 Å². The Bertz CT molecular complexity index is 1160. The van der Waals surface area contributed by atoms with Crippen LogP contribution in [-0.2, 0) is 23.2 Å². The van der Waals surface area contributed by atoms with Crippen molar-refractivity contribution in [3.63, 3.8) is 0 Å². The third-order valence-electron chi connectivity index (χ3n) is 14.4. The van der Waals surface area contributed by atoms with Crippen molar-refractivity contribution >= 4 is 15.8 Å². The summed E-state index contributed by atoms with van der Waals surface area (Å²) in [5.41, 5.74) is 9.36. The zero-order chi connectivity index (χ0) is 33.1. The van der Waals surface area contributed by atoms with E-state index in [9.17, 15) is 0 Å². The standard InChI is InChI=1S/C44H72P2/c1-41(2,3)37-23-35(36(24-38(37)42(4,5)6)26-46(43(7,8)9)44(10,11)12)25-45(39-31-15-27-13-28(17-31)18-32(39)16-27)40-33-19-29-14-30(21-33)22-34(40)20-29/h23-24,27-34,39-40H,13-22,25-26H2,1-12H3. The van der Waals surface area contributed by atoms with Crippen molar-refractivity contribution in [3.8, 4) is 0 Å². The normalized spacial score (nSPS) is 37.8. The molecule has 0 atom stereocenters. The Morgan fingerprint density at radius 3 is 1.04 bits per heavy atom. The predicted molar refractivity (Wildman–Crippen MR) is 206 cm³/mol. The molecule has 258 valence electrons. The fourth-order valence-electron chi connectivity index (χ4n) is 13.4. The summed E-state index contributed by atoms with van der Waals surface area (Å²) in [5, 5.41) is 0.700. The molecule has 1 aromatic rings. The van der Waals surface area contributed by atoms with Gasteiger partial charge in [0.1, 0.15) is 0 Å². The first-order chi connectivity index (χ1) is 21.3. The van der Waals surface area contributed by atoms with Gasteiger partial charge in [-0.25, -0.2) is 0 Å². The highest BCUT2D eigenvalue weighted by atomic mass is 31.1.